The summed E-state index contributed by atoms with van der Waals surface area (Å²) in [5.74, 6) is 1.03. The number of ether oxygens (including phenoxy) is 2. The van der Waals surface area contributed by atoms with E-state index in [0.29, 0.717) is 11.5 Å². The standard InChI is InChI=1S/C13H20BrNO4S/c1-9(15)6-10-7-11(14)13(12(8-10)18-2)19-4-5-20(3,16)17/h7-9H,4-6,15H2,1-3H3. The Bertz CT molecular complexity index is 558. The molecule has 7 heteroatoms. The summed E-state index contributed by atoms with van der Waals surface area (Å²) in [5.41, 5.74) is 6.81. The maximum Gasteiger partial charge on any atom is 0.175 e. The fourth-order valence-electron chi connectivity index (χ4n) is 1.70. The zero-order valence-electron chi connectivity index (χ0n) is 11.8. The van der Waals surface area contributed by atoms with E-state index in [1.165, 1.54) is 6.26 Å². The molecule has 0 aliphatic carbocycles. The Labute approximate surface area is 128 Å². The number of hydrogen-bond donors (Lipinski definition) is 1. The molecule has 0 fully saturated rings. The predicted molar refractivity (Wildman–Crippen MR) is 83.3 cm³/mol. The molecule has 0 amide bonds. The van der Waals surface area contributed by atoms with E-state index in [1.54, 1.807) is 7.11 Å². The number of hydrogen-bond acceptors (Lipinski definition) is 5. The van der Waals surface area contributed by atoms with E-state index in [4.69, 9.17) is 15.2 Å². The first-order valence-corrected chi connectivity index (χ1v) is 9.01. The van der Waals surface area contributed by atoms with Crippen molar-refractivity contribution in [3.8, 4) is 11.5 Å². The molecule has 0 aliphatic rings. The van der Waals surface area contributed by atoms with Crippen molar-refractivity contribution in [1.82, 2.24) is 0 Å². The van der Waals surface area contributed by atoms with E-state index in [1.807, 2.05) is 19.1 Å². The third-order valence-electron chi connectivity index (χ3n) is 2.55. The Balaban J connectivity index is 2.90. The van der Waals surface area contributed by atoms with Crippen molar-refractivity contribution in [2.45, 2.75) is 19.4 Å². The van der Waals surface area contributed by atoms with Crippen LogP contribution >= 0.6 is 15.9 Å². The van der Waals surface area contributed by atoms with Crippen molar-refractivity contribution in [2.24, 2.45) is 5.73 Å². The topological polar surface area (TPSA) is 78.6 Å². The van der Waals surface area contributed by atoms with Gasteiger partial charge in [-0.15, -0.1) is 0 Å². The first kappa shape index (κ1) is 17.3. The Hall–Kier alpha value is -0.790. The van der Waals surface area contributed by atoms with Gasteiger partial charge in [-0.05, 0) is 47.0 Å². The second-order valence-electron chi connectivity index (χ2n) is 4.77. The lowest BCUT2D eigenvalue weighted by Gasteiger charge is -2.15. The van der Waals surface area contributed by atoms with E-state index < -0.39 is 9.84 Å². The van der Waals surface area contributed by atoms with E-state index in [0.717, 1.165) is 16.5 Å². The molecule has 114 valence electrons. The molecule has 1 unspecified atom stereocenters. The Morgan fingerprint density at radius 3 is 2.55 bits per heavy atom. The zero-order chi connectivity index (χ0) is 15.3. The average molecular weight is 366 g/mol. The third kappa shape index (κ3) is 5.68. The normalized spacial score (nSPS) is 13.1. The fourth-order valence-corrected chi connectivity index (χ4v) is 2.69. The second-order valence-corrected chi connectivity index (χ2v) is 7.88. The lowest BCUT2D eigenvalue weighted by molar-refractivity contribution is 0.309. The fraction of sp³-hybridized carbons (Fsp3) is 0.538. The first-order chi connectivity index (χ1) is 9.23. The van der Waals surface area contributed by atoms with Crippen LogP contribution in [0.25, 0.3) is 0 Å². The van der Waals surface area contributed by atoms with Crippen LogP contribution in [0.2, 0.25) is 0 Å². The van der Waals surface area contributed by atoms with Gasteiger partial charge in [0.2, 0.25) is 0 Å². The van der Waals surface area contributed by atoms with Gasteiger partial charge in [0.1, 0.15) is 6.61 Å². The van der Waals surface area contributed by atoms with Crippen molar-refractivity contribution in [3.63, 3.8) is 0 Å². The summed E-state index contributed by atoms with van der Waals surface area (Å²) in [7, 11) is -1.51. The number of benzene rings is 1. The van der Waals surface area contributed by atoms with Crippen LogP contribution in [0.15, 0.2) is 16.6 Å². The lowest BCUT2D eigenvalue weighted by Crippen LogP contribution is -2.18. The monoisotopic (exact) mass is 365 g/mol. The highest BCUT2D eigenvalue weighted by Gasteiger charge is 2.13. The highest BCUT2D eigenvalue weighted by Crippen LogP contribution is 2.36. The van der Waals surface area contributed by atoms with Crippen LogP contribution in [0, 0.1) is 0 Å². The van der Waals surface area contributed by atoms with Gasteiger partial charge in [0.05, 0.1) is 17.3 Å². The predicted octanol–water partition coefficient (Wildman–Crippen LogP) is 1.77. The number of methoxy groups -OCH3 is 1. The van der Waals surface area contributed by atoms with Crippen molar-refractivity contribution < 1.29 is 17.9 Å². The quantitative estimate of drug-likeness (QED) is 0.796. The zero-order valence-corrected chi connectivity index (χ0v) is 14.3. The van der Waals surface area contributed by atoms with Crippen molar-refractivity contribution in [3.05, 3.63) is 22.2 Å². The maximum absolute atomic E-state index is 11.1. The largest absolute Gasteiger partial charge is 0.493 e. The summed E-state index contributed by atoms with van der Waals surface area (Å²) in [5, 5.41) is 0. The molecular formula is C13H20BrNO4S. The van der Waals surface area contributed by atoms with Gasteiger partial charge in [-0.25, -0.2) is 8.42 Å². The third-order valence-corrected chi connectivity index (χ3v) is 4.04. The van der Waals surface area contributed by atoms with Gasteiger partial charge < -0.3 is 15.2 Å². The molecular weight excluding hydrogens is 346 g/mol. The molecule has 0 saturated carbocycles. The Morgan fingerprint density at radius 1 is 1.40 bits per heavy atom. The van der Waals surface area contributed by atoms with Gasteiger partial charge in [0, 0.05) is 12.3 Å². The summed E-state index contributed by atoms with van der Waals surface area (Å²) < 4.78 is 33.7. The van der Waals surface area contributed by atoms with Crippen molar-refractivity contribution >= 4 is 25.8 Å². The highest BCUT2D eigenvalue weighted by molar-refractivity contribution is 9.10. The van der Waals surface area contributed by atoms with E-state index in [2.05, 4.69) is 15.9 Å². The number of halogens is 1. The molecule has 20 heavy (non-hydrogen) atoms. The number of sulfone groups is 1. The average Bonchev–Trinajstić information content (AvgIpc) is 2.29. The maximum atomic E-state index is 11.1. The molecule has 0 heterocycles. The molecule has 0 aliphatic heterocycles. The van der Waals surface area contributed by atoms with Crippen LogP contribution in [-0.2, 0) is 16.3 Å². The summed E-state index contributed by atoms with van der Waals surface area (Å²) in [4.78, 5) is 0. The highest BCUT2D eigenvalue weighted by atomic mass is 79.9. The minimum atomic E-state index is -3.05. The Morgan fingerprint density at radius 2 is 2.05 bits per heavy atom. The minimum Gasteiger partial charge on any atom is -0.493 e. The van der Waals surface area contributed by atoms with Gasteiger partial charge in [-0.1, -0.05) is 0 Å². The summed E-state index contributed by atoms with van der Waals surface area (Å²) in [6, 6.07) is 3.80. The molecule has 2 N–H and O–H groups in total. The lowest BCUT2D eigenvalue weighted by atomic mass is 10.1. The Kier molecular flexibility index (Phi) is 6.29. The van der Waals surface area contributed by atoms with E-state index >= 15 is 0 Å². The van der Waals surface area contributed by atoms with Crippen LogP contribution in [0.1, 0.15) is 12.5 Å². The van der Waals surface area contributed by atoms with Crippen LogP contribution in [0.4, 0.5) is 0 Å². The van der Waals surface area contributed by atoms with Gasteiger partial charge in [0.25, 0.3) is 0 Å². The molecule has 0 saturated heterocycles. The van der Waals surface area contributed by atoms with Crippen LogP contribution in [0.5, 0.6) is 11.5 Å². The SMILES string of the molecule is COc1cc(CC(C)N)cc(Br)c1OCCS(C)(=O)=O. The summed E-state index contributed by atoms with van der Waals surface area (Å²) >= 11 is 3.41. The van der Waals surface area contributed by atoms with E-state index in [-0.39, 0.29) is 18.4 Å². The van der Waals surface area contributed by atoms with Gasteiger partial charge in [-0.2, -0.15) is 0 Å². The molecule has 0 radical (unpaired) electrons. The molecule has 1 aromatic carbocycles. The summed E-state index contributed by atoms with van der Waals surface area (Å²) in [6.07, 6.45) is 1.90. The van der Waals surface area contributed by atoms with Crippen molar-refractivity contribution in [1.29, 1.82) is 0 Å². The van der Waals surface area contributed by atoms with Crippen LogP contribution in [-0.4, -0.2) is 40.2 Å². The molecule has 1 aromatic rings. The molecule has 0 aromatic heterocycles. The second kappa shape index (κ2) is 7.28. The first-order valence-electron chi connectivity index (χ1n) is 6.15. The molecule has 1 atom stereocenters. The molecule has 5 nitrogen and oxygen atoms in total. The van der Waals surface area contributed by atoms with E-state index in [9.17, 15) is 8.42 Å². The van der Waals surface area contributed by atoms with Gasteiger partial charge in [0.15, 0.2) is 21.3 Å². The van der Waals surface area contributed by atoms with Gasteiger partial charge in [-0.3, -0.25) is 0 Å². The van der Waals surface area contributed by atoms with Crippen LogP contribution < -0.4 is 15.2 Å². The molecule has 0 bridgehead atoms. The number of rotatable bonds is 7. The molecule has 0 spiro atoms. The van der Waals surface area contributed by atoms with Crippen LogP contribution in [0.3, 0.4) is 0 Å². The molecule has 1 rings (SSSR count). The van der Waals surface area contributed by atoms with Gasteiger partial charge >= 0.3 is 0 Å². The van der Waals surface area contributed by atoms with Crippen molar-refractivity contribution in [2.75, 3.05) is 25.7 Å². The minimum absolute atomic E-state index is 0.0375. The summed E-state index contributed by atoms with van der Waals surface area (Å²) in [6.45, 7) is 2.01. The smallest absolute Gasteiger partial charge is 0.175 e. The number of nitrogens with two attached hydrogens (primary N) is 1.